The minimum atomic E-state index is -2.93. The molecule has 2 fully saturated rings. The minimum Gasteiger partial charge on any atom is -0.435 e. The molecule has 2 aromatic carbocycles. The molecule has 0 radical (unpaired) electrons. The maximum absolute atomic E-state index is 14.1. The van der Waals surface area contributed by atoms with Gasteiger partial charge in [0.25, 0.3) is 0 Å². The number of nitrogens with zero attached hydrogens (tertiary/aromatic N) is 1. The SMILES string of the molecule is O=C([C@H]1CNCC[C@@]12OCc1cc(F)c(F)cc12)N(Cc1cccc(OC(F)F)c1)C1CC1. The van der Waals surface area contributed by atoms with Gasteiger partial charge in [0, 0.05) is 19.1 Å². The third-order valence-electron chi connectivity index (χ3n) is 6.72. The number of piperidine rings is 1. The zero-order valence-corrected chi connectivity index (χ0v) is 17.8. The van der Waals surface area contributed by atoms with Crippen molar-refractivity contribution < 1.29 is 31.8 Å². The van der Waals surface area contributed by atoms with E-state index in [1.807, 2.05) is 0 Å². The van der Waals surface area contributed by atoms with Crippen LogP contribution in [-0.2, 0) is 28.3 Å². The van der Waals surface area contributed by atoms with E-state index < -0.39 is 29.8 Å². The Labute approximate surface area is 188 Å². The molecule has 2 aliphatic heterocycles. The molecular weight excluding hydrogens is 440 g/mol. The van der Waals surface area contributed by atoms with E-state index in [4.69, 9.17) is 4.74 Å². The first-order valence-corrected chi connectivity index (χ1v) is 11.0. The molecule has 1 spiro atoms. The molecule has 2 heterocycles. The highest BCUT2D eigenvalue weighted by molar-refractivity contribution is 5.82. The van der Waals surface area contributed by atoms with Crippen LogP contribution in [0, 0.1) is 17.6 Å². The summed E-state index contributed by atoms with van der Waals surface area (Å²) in [5, 5.41) is 3.23. The number of nitrogens with one attached hydrogen (secondary N) is 1. The normalized spacial score (nSPS) is 24.2. The molecule has 9 heteroatoms. The van der Waals surface area contributed by atoms with Gasteiger partial charge in [-0.1, -0.05) is 12.1 Å². The quantitative estimate of drug-likeness (QED) is 0.655. The van der Waals surface area contributed by atoms with E-state index in [0.29, 0.717) is 36.2 Å². The first-order valence-electron chi connectivity index (χ1n) is 11.0. The van der Waals surface area contributed by atoms with Crippen molar-refractivity contribution in [2.24, 2.45) is 5.92 Å². The molecule has 5 rings (SSSR count). The van der Waals surface area contributed by atoms with Crippen molar-refractivity contribution in [3.05, 3.63) is 64.7 Å². The van der Waals surface area contributed by atoms with Gasteiger partial charge in [-0.3, -0.25) is 4.79 Å². The molecule has 2 atom stereocenters. The van der Waals surface area contributed by atoms with Crippen LogP contribution in [0.4, 0.5) is 17.6 Å². The molecule has 1 saturated carbocycles. The molecule has 1 amide bonds. The first-order chi connectivity index (χ1) is 15.9. The van der Waals surface area contributed by atoms with Gasteiger partial charge in [0.2, 0.25) is 5.91 Å². The highest BCUT2D eigenvalue weighted by atomic mass is 19.3. The summed E-state index contributed by atoms with van der Waals surface area (Å²) < 4.78 is 63.8. The minimum absolute atomic E-state index is 0.0343. The summed E-state index contributed by atoms with van der Waals surface area (Å²) in [4.78, 5) is 15.6. The summed E-state index contributed by atoms with van der Waals surface area (Å²) in [6, 6.07) is 8.67. The van der Waals surface area contributed by atoms with Crippen LogP contribution < -0.4 is 10.1 Å². The molecule has 33 heavy (non-hydrogen) atoms. The number of fused-ring (bicyclic) bond motifs is 2. The molecule has 2 aromatic rings. The summed E-state index contributed by atoms with van der Waals surface area (Å²) in [7, 11) is 0. The highest BCUT2D eigenvalue weighted by Crippen LogP contribution is 2.48. The van der Waals surface area contributed by atoms with Crippen LogP contribution in [0.25, 0.3) is 0 Å². The summed E-state index contributed by atoms with van der Waals surface area (Å²) in [6.45, 7) is -1.65. The Hall–Kier alpha value is -2.65. The van der Waals surface area contributed by atoms with Gasteiger partial charge in [0.1, 0.15) is 11.4 Å². The molecule has 0 aromatic heterocycles. The lowest BCUT2D eigenvalue weighted by Gasteiger charge is -2.42. The monoisotopic (exact) mass is 464 g/mol. The van der Waals surface area contributed by atoms with E-state index in [1.165, 1.54) is 12.1 Å². The Morgan fingerprint density at radius 3 is 2.76 bits per heavy atom. The second-order valence-corrected chi connectivity index (χ2v) is 8.83. The van der Waals surface area contributed by atoms with Crippen LogP contribution in [0.15, 0.2) is 36.4 Å². The van der Waals surface area contributed by atoms with Crippen molar-refractivity contribution in [2.45, 2.75) is 50.7 Å². The lowest BCUT2D eigenvalue weighted by molar-refractivity contribution is -0.157. The first kappa shape index (κ1) is 22.2. The fraction of sp³-hybridized carbons (Fsp3) is 0.458. The smallest absolute Gasteiger partial charge is 0.387 e. The van der Waals surface area contributed by atoms with Gasteiger partial charge in [0.15, 0.2) is 11.6 Å². The van der Waals surface area contributed by atoms with Crippen LogP contribution >= 0.6 is 0 Å². The average molecular weight is 464 g/mol. The molecule has 1 saturated heterocycles. The second kappa shape index (κ2) is 8.61. The number of amides is 1. The average Bonchev–Trinajstić information content (AvgIpc) is 3.58. The van der Waals surface area contributed by atoms with Crippen molar-refractivity contribution in [2.75, 3.05) is 13.1 Å². The number of hydrogen-bond acceptors (Lipinski definition) is 4. The molecule has 176 valence electrons. The van der Waals surface area contributed by atoms with Gasteiger partial charge in [0.05, 0.1) is 12.5 Å². The van der Waals surface area contributed by atoms with Crippen molar-refractivity contribution in [3.63, 3.8) is 0 Å². The number of ether oxygens (including phenoxy) is 2. The molecular formula is C24H24F4N2O3. The molecule has 0 bridgehead atoms. The van der Waals surface area contributed by atoms with Gasteiger partial charge in [-0.2, -0.15) is 8.78 Å². The molecule has 3 aliphatic rings. The number of hydrogen-bond donors (Lipinski definition) is 1. The van der Waals surface area contributed by atoms with Crippen molar-refractivity contribution in [1.82, 2.24) is 10.2 Å². The van der Waals surface area contributed by atoms with E-state index in [-0.39, 0.29) is 30.9 Å². The van der Waals surface area contributed by atoms with Gasteiger partial charge in [-0.05, 0) is 66.8 Å². The Morgan fingerprint density at radius 2 is 2.00 bits per heavy atom. The lowest BCUT2D eigenvalue weighted by atomic mass is 9.75. The third-order valence-corrected chi connectivity index (χ3v) is 6.72. The van der Waals surface area contributed by atoms with Gasteiger partial charge < -0.3 is 19.7 Å². The summed E-state index contributed by atoms with van der Waals surface area (Å²) in [5.41, 5.74) is 0.736. The van der Waals surface area contributed by atoms with E-state index in [9.17, 15) is 22.4 Å². The van der Waals surface area contributed by atoms with Crippen molar-refractivity contribution in [1.29, 1.82) is 0 Å². The van der Waals surface area contributed by atoms with E-state index in [2.05, 4.69) is 10.1 Å². The lowest BCUT2D eigenvalue weighted by Crippen LogP contribution is -2.55. The van der Waals surface area contributed by atoms with Gasteiger partial charge >= 0.3 is 6.61 Å². The number of benzene rings is 2. The van der Waals surface area contributed by atoms with Crippen molar-refractivity contribution >= 4 is 5.91 Å². The Bertz CT molecular complexity index is 1060. The predicted octanol–water partition coefficient (Wildman–Crippen LogP) is 4.09. The summed E-state index contributed by atoms with van der Waals surface area (Å²) >= 11 is 0. The topological polar surface area (TPSA) is 50.8 Å². The van der Waals surface area contributed by atoms with E-state index in [1.54, 1.807) is 17.0 Å². The molecule has 1 aliphatic carbocycles. The Morgan fingerprint density at radius 1 is 1.21 bits per heavy atom. The number of carbonyl (C=O) groups is 1. The summed E-state index contributed by atoms with van der Waals surface area (Å²) in [5.74, 6) is -2.64. The molecule has 5 nitrogen and oxygen atoms in total. The largest absolute Gasteiger partial charge is 0.435 e. The number of alkyl halides is 2. The second-order valence-electron chi connectivity index (χ2n) is 8.83. The Balaban J connectivity index is 1.44. The predicted molar refractivity (Wildman–Crippen MR) is 110 cm³/mol. The number of rotatable bonds is 6. The fourth-order valence-corrected chi connectivity index (χ4v) is 5.02. The van der Waals surface area contributed by atoms with Crippen LogP contribution in [0.2, 0.25) is 0 Å². The van der Waals surface area contributed by atoms with Gasteiger partial charge in [-0.15, -0.1) is 0 Å². The zero-order valence-electron chi connectivity index (χ0n) is 17.8. The summed E-state index contributed by atoms with van der Waals surface area (Å²) in [6.07, 6.45) is 2.16. The van der Waals surface area contributed by atoms with Crippen molar-refractivity contribution in [3.8, 4) is 5.75 Å². The molecule has 0 unspecified atom stereocenters. The maximum Gasteiger partial charge on any atom is 0.387 e. The van der Waals surface area contributed by atoms with Gasteiger partial charge in [-0.25, -0.2) is 8.78 Å². The third kappa shape index (κ3) is 4.19. The Kier molecular flexibility index (Phi) is 5.78. The van der Waals surface area contributed by atoms with Crippen LogP contribution in [-0.4, -0.2) is 36.5 Å². The van der Waals surface area contributed by atoms with E-state index in [0.717, 1.165) is 25.0 Å². The molecule has 1 N–H and O–H groups in total. The number of halogens is 4. The van der Waals surface area contributed by atoms with Crippen LogP contribution in [0.3, 0.4) is 0 Å². The maximum atomic E-state index is 14.1. The highest BCUT2D eigenvalue weighted by Gasteiger charge is 2.53. The van der Waals surface area contributed by atoms with Crippen LogP contribution in [0.5, 0.6) is 5.75 Å². The van der Waals surface area contributed by atoms with E-state index >= 15 is 0 Å². The van der Waals surface area contributed by atoms with Crippen LogP contribution in [0.1, 0.15) is 36.0 Å². The zero-order chi connectivity index (χ0) is 23.2. The standard InChI is InChI=1S/C24H24F4N2O3/c25-20-9-15-13-32-24(18(15)10-21(20)26)6-7-29-11-19(24)22(31)30(16-4-5-16)12-14-2-1-3-17(8-14)33-23(27)28/h1-3,8-10,16,19,23,29H,4-7,11-13H2/t19-,24+/m1/s1. The fourth-order valence-electron chi connectivity index (χ4n) is 5.02. The number of carbonyl (C=O) groups excluding carboxylic acids is 1.